The van der Waals surface area contributed by atoms with Crippen LogP contribution in [-0.4, -0.2) is 24.8 Å². The van der Waals surface area contributed by atoms with Crippen LogP contribution in [0.3, 0.4) is 0 Å². The molecule has 0 saturated carbocycles. The number of nitrogens with zero attached hydrogens (tertiary/aromatic N) is 1. The Morgan fingerprint density at radius 2 is 1.69 bits per heavy atom. The Labute approximate surface area is 109 Å². The maximum Gasteiger partial charge on any atom is 0.188 e. The molecular formula is C11H10Cl3NO. The predicted octanol–water partition coefficient (Wildman–Crippen LogP) is 3.90. The summed E-state index contributed by atoms with van der Waals surface area (Å²) in [6.45, 7) is 0. The van der Waals surface area contributed by atoms with Crippen molar-refractivity contribution in [3.63, 3.8) is 0 Å². The highest BCUT2D eigenvalue weighted by Gasteiger charge is 2.10. The predicted molar refractivity (Wildman–Crippen MR) is 68.6 cm³/mol. The zero-order valence-corrected chi connectivity index (χ0v) is 11.1. The van der Waals surface area contributed by atoms with Gasteiger partial charge in [-0.3, -0.25) is 4.79 Å². The molecule has 0 N–H and O–H groups in total. The minimum Gasteiger partial charge on any atom is -0.383 e. The summed E-state index contributed by atoms with van der Waals surface area (Å²) in [6.07, 6.45) is 3.06. The van der Waals surface area contributed by atoms with Gasteiger partial charge in [0.15, 0.2) is 5.78 Å². The highest BCUT2D eigenvalue weighted by atomic mass is 35.5. The van der Waals surface area contributed by atoms with Crippen LogP contribution in [0.1, 0.15) is 10.4 Å². The number of allylic oxidation sites excluding steroid dienone is 1. The zero-order chi connectivity index (χ0) is 12.3. The molecule has 0 unspecified atom stereocenters. The van der Waals surface area contributed by atoms with Gasteiger partial charge in [-0.2, -0.15) is 0 Å². The third-order valence-electron chi connectivity index (χ3n) is 1.80. The van der Waals surface area contributed by atoms with E-state index in [0.717, 1.165) is 0 Å². The number of benzene rings is 1. The van der Waals surface area contributed by atoms with E-state index in [9.17, 15) is 4.79 Å². The van der Waals surface area contributed by atoms with Crippen molar-refractivity contribution >= 4 is 40.6 Å². The lowest BCUT2D eigenvalue weighted by Crippen LogP contribution is -2.03. The van der Waals surface area contributed by atoms with E-state index in [1.165, 1.54) is 18.2 Å². The van der Waals surface area contributed by atoms with Gasteiger partial charge in [-0.15, -0.1) is 0 Å². The summed E-state index contributed by atoms with van der Waals surface area (Å²) in [5.41, 5.74) is 0.342. The fourth-order valence-corrected chi connectivity index (χ4v) is 1.66. The molecule has 0 spiro atoms. The molecule has 0 amide bonds. The molecule has 0 heterocycles. The number of halogens is 3. The molecule has 1 rings (SSSR count). The number of hydrogen-bond donors (Lipinski definition) is 0. The molecule has 0 radical (unpaired) electrons. The second-order valence-electron chi connectivity index (χ2n) is 3.39. The van der Waals surface area contributed by atoms with Crippen LogP contribution in [0.4, 0.5) is 0 Å². The smallest absolute Gasteiger partial charge is 0.188 e. The van der Waals surface area contributed by atoms with Gasteiger partial charge in [0.25, 0.3) is 0 Å². The van der Waals surface area contributed by atoms with Crippen molar-refractivity contribution in [3.05, 3.63) is 45.0 Å². The van der Waals surface area contributed by atoms with E-state index in [2.05, 4.69) is 0 Å². The van der Waals surface area contributed by atoms with Crippen molar-refractivity contribution in [2.45, 2.75) is 0 Å². The minimum absolute atomic E-state index is 0.211. The monoisotopic (exact) mass is 277 g/mol. The summed E-state index contributed by atoms with van der Waals surface area (Å²) in [6, 6.07) is 2.93. The average Bonchev–Trinajstić information content (AvgIpc) is 2.20. The van der Waals surface area contributed by atoms with E-state index in [1.54, 1.807) is 11.1 Å². The summed E-state index contributed by atoms with van der Waals surface area (Å²) in [5, 5.41) is 0.940. The van der Waals surface area contributed by atoms with Crippen molar-refractivity contribution in [3.8, 4) is 0 Å². The molecule has 5 heteroatoms. The lowest BCUT2D eigenvalue weighted by Gasteiger charge is -2.05. The average molecular weight is 279 g/mol. The maximum atomic E-state index is 11.7. The molecule has 0 aliphatic heterocycles. The van der Waals surface area contributed by atoms with E-state index in [-0.39, 0.29) is 5.78 Å². The topological polar surface area (TPSA) is 20.3 Å². The van der Waals surface area contributed by atoms with Gasteiger partial charge < -0.3 is 4.90 Å². The Kier molecular flexibility index (Phi) is 4.66. The number of rotatable bonds is 3. The first-order valence-corrected chi connectivity index (χ1v) is 5.58. The van der Waals surface area contributed by atoms with E-state index in [4.69, 9.17) is 34.8 Å². The normalized spacial score (nSPS) is 10.8. The summed E-state index contributed by atoms with van der Waals surface area (Å²) >= 11 is 17.5. The van der Waals surface area contributed by atoms with Crippen LogP contribution in [0, 0.1) is 0 Å². The molecule has 0 atom stereocenters. The Morgan fingerprint density at radius 1 is 1.12 bits per heavy atom. The van der Waals surface area contributed by atoms with Gasteiger partial charge in [0.2, 0.25) is 0 Å². The Balaban J connectivity index is 3.05. The van der Waals surface area contributed by atoms with Gasteiger partial charge in [0, 0.05) is 31.9 Å². The lowest BCUT2D eigenvalue weighted by molar-refractivity contribution is 0.104. The largest absolute Gasteiger partial charge is 0.383 e. The number of carbonyl (C=O) groups excluding carboxylic acids is 1. The van der Waals surface area contributed by atoms with Crippen molar-refractivity contribution in [1.82, 2.24) is 4.90 Å². The summed E-state index contributed by atoms with van der Waals surface area (Å²) < 4.78 is 0. The summed E-state index contributed by atoms with van der Waals surface area (Å²) in [7, 11) is 3.64. The van der Waals surface area contributed by atoms with Crippen molar-refractivity contribution in [2.75, 3.05) is 14.1 Å². The molecule has 0 aliphatic rings. The van der Waals surface area contributed by atoms with Crippen molar-refractivity contribution in [1.29, 1.82) is 0 Å². The first-order valence-electron chi connectivity index (χ1n) is 4.45. The molecular weight excluding hydrogens is 268 g/mol. The molecule has 2 nitrogen and oxygen atoms in total. The van der Waals surface area contributed by atoms with E-state index >= 15 is 0 Å². The zero-order valence-electron chi connectivity index (χ0n) is 8.80. The van der Waals surface area contributed by atoms with E-state index < -0.39 is 0 Å². The molecule has 0 fully saturated rings. The van der Waals surface area contributed by atoms with Gasteiger partial charge in [0.1, 0.15) is 0 Å². The summed E-state index contributed by atoms with van der Waals surface area (Å²) in [4.78, 5) is 13.5. The molecule has 86 valence electrons. The van der Waals surface area contributed by atoms with Gasteiger partial charge in [-0.25, -0.2) is 0 Å². The molecule has 16 heavy (non-hydrogen) atoms. The Bertz CT molecular complexity index is 441. The van der Waals surface area contributed by atoms with Crippen LogP contribution in [0.15, 0.2) is 24.4 Å². The molecule has 1 aromatic rings. The number of carbonyl (C=O) groups is 1. The molecule has 0 saturated heterocycles. The molecule has 0 aromatic heterocycles. The van der Waals surface area contributed by atoms with Crippen LogP contribution in [0.25, 0.3) is 0 Å². The van der Waals surface area contributed by atoms with Crippen molar-refractivity contribution < 1.29 is 4.79 Å². The summed E-state index contributed by atoms with van der Waals surface area (Å²) in [5.74, 6) is -0.211. The number of hydrogen-bond acceptors (Lipinski definition) is 2. The van der Waals surface area contributed by atoms with E-state index in [0.29, 0.717) is 20.6 Å². The standard InChI is InChI=1S/C11H10Cl3NO/c1-15(2)4-3-11(16)7-5-9(13)10(14)6-8(7)12/h3-6H,1-2H3. The van der Waals surface area contributed by atoms with Crippen molar-refractivity contribution in [2.24, 2.45) is 0 Å². The van der Waals surface area contributed by atoms with Crippen LogP contribution in [0.2, 0.25) is 15.1 Å². The maximum absolute atomic E-state index is 11.7. The fraction of sp³-hybridized carbons (Fsp3) is 0.182. The molecule has 0 bridgehead atoms. The van der Waals surface area contributed by atoms with Crippen LogP contribution in [0.5, 0.6) is 0 Å². The number of ketones is 1. The van der Waals surface area contributed by atoms with Crippen LogP contribution < -0.4 is 0 Å². The van der Waals surface area contributed by atoms with E-state index in [1.807, 2.05) is 14.1 Å². The molecule has 1 aromatic carbocycles. The van der Waals surface area contributed by atoms with Gasteiger partial charge >= 0.3 is 0 Å². The third-order valence-corrected chi connectivity index (χ3v) is 2.83. The second kappa shape index (κ2) is 5.58. The second-order valence-corrected chi connectivity index (χ2v) is 4.61. The highest BCUT2D eigenvalue weighted by Crippen LogP contribution is 2.29. The van der Waals surface area contributed by atoms with Gasteiger partial charge in [-0.1, -0.05) is 34.8 Å². The Hall–Kier alpha value is -0.700. The first-order chi connectivity index (χ1) is 7.41. The van der Waals surface area contributed by atoms with Crippen LogP contribution in [-0.2, 0) is 0 Å². The molecule has 0 aliphatic carbocycles. The fourth-order valence-electron chi connectivity index (χ4n) is 1.02. The van der Waals surface area contributed by atoms with Crippen LogP contribution >= 0.6 is 34.8 Å². The van der Waals surface area contributed by atoms with Gasteiger partial charge in [-0.05, 0) is 12.1 Å². The SMILES string of the molecule is CN(C)C=CC(=O)c1cc(Cl)c(Cl)cc1Cl. The first kappa shape index (κ1) is 13.4. The van der Waals surface area contributed by atoms with Gasteiger partial charge in [0.05, 0.1) is 15.1 Å². The highest BCUT2D eigenvalue weighted by molar-refractivity contribution is 6.44. The minimum atomic E-state index is -0.211. The quantitative estimate of drug-likeness (QED) is 0.475. The Morgan fingerprint density at radius 3 is 2.25 bits per heavy atom. The lowest BCUT2D eigenvalue weighted by atomic mass is 10.1. The third kappa shape index (κ3) is 3.41.